The molecule has 0 spiro atoms. The first-order valence-corrected chi connectivity index (χ1v) is 7.78. The number of hydrogen-bond donors (Lipinski definition) is 2. The van der Waals surface area contributed by atoms with Crippen LogP contribution in [0.25, 0.3) is 0 Å². The summed E-state index contributed by atoms with van der Waals surface area (Å²) >= 11 is 12.0. The first kappa shape index (κ1) is 16.8. The number of unbranched alkanes of at least 4 members (excludes halogenated alkanes) is 1. The topological polar surface area (TPSA) is 38.0 Å². The summed E-state index contributed by atoms with van der Waals surface area (Å²) in [6, 6.07) is 6.08. The Morgan fingerprint density at radius 1 is 1.21 bits per heavy atom. The van der Waals surface area contributed by atoms with E-state index in [4.69, 9.17) is 29.0 Å². The van der Waals surface area contributed by atoms with Crippen molar-refractivity contribution in [3.63, 3.8) is 0 Å². The van der Waals surface area contributed by atoms with E-state index in [1.54, 1.807) is 0 Å². The van der Waals surface area contributed by atoms with E-state index in [9.17, 15) is 0 Å². The van der Waals surface area contributed by atoms with Gasteiger partial charge in [-0.2, -0.15) is 0 Å². The highest BCUT2D eigenvalue weighted by atomic mass is 35.5. The van der Waals surface area contributed by atoms with Crippen molar-refractivity contribution in [3.8, 4) is 0 Å². The van der Waals surface area contributed by atoms with Crippen LogP contribution in [-0.2, 0) is 6.42 Å². The van der Waals surface area contributed by atoms with Gasteiger partial charge in [0.15, 0.2) is 0 Å². The van der Waals surface area contributed by atoms with Gasteiger partial charge in [-0.1, -0.05) is 62.4 Å². The van der Waals surface area contributed by atoms with Gasteiger partial charge < -0.3 is 0 Å². The zero-order chi connectivity index (χ0) is 14.3. The summed E-state index contributed by atoms with van der Waals surface area (Å²) in [6.45, 7) is 4.44. The second-order valence-electron chi connectivity index (χ2n) is 5.04. The van der Waals surface area contributed by atoms with Gasteiger partial charge in [0.25, 0.3) is 0 Å². The maximum atomic E-state index is 6.05. The number of hydrazine groups is 1. The first-order chi connectivity index (χ1) is 9.12. The van der Waals surface area contributed by atoms with E-state index in [0.29, 0.717) is 16.0 Å². The van der Waals surface area contributed by atoms with Crippen molar-refractivity contribution in [2.75, 3.05) is 0 Å². The summed E-state index contributed by atoms with van der Waals surface area (Å²) in [5.41, 5.74) is 4.14. The third kappa shape index (κ3) is 5.31. The highest BCUT2D eigenvalue weighted by molar-refractivity contribution is 6.42. The molecule has 0 aliphatic carbocycles. The smallest absolute Gasteiger partial charge is 0.0595 e. The fourth-order valence-corrected chi connectivity index (χ4v) is 2.76. The molecule has 0 aliphatic heterocycles. The van der Waals surface area contributed by atoms with Gasteiger partial charge in [0.05, 0.1) is 10.0 Å². The van der Waals surface area contributed by atoms with Crippen molar-refractivity contribution in [3.05, 3.63) is 33.8 Å². The fraction of sp³-hybridized carbons (Fsp3) is 0.600. The molecule has 0 aliphatic rings. The average molecular weight is 303 g/mol. The van der Waals surface area contributed by atoms with Gasteiger partial charge in [0.1, 0.15) is 0 Å². The van der Waals surface area contributed by atoms with Crippen LogP contribution in [0.4, 0.5) is 0 Å². The number of rotatable bonds is 8. The second-order valence-corrected chi connectivity index (χ2v) is 5.85. The van der Waals surface area contributed by atoms with Crippen LogP contribution in [0.2, 0.25) is 10.0 Å². The van der Waals surface area contributed by atoms with Crippen molar-refractivity contribution in [1.29, 1.82) is 0 Å². The SMILES string of the molecule is CCCCC(CC)C(Cc1ccc(Cl)c(Cl)c1)NN. The minimum atomic E-state index is 0.286. The Morgan fingerprint density at radius 3 is 2.47 bits per heavy atom. The molecule has 2 unspecified atom stereocenters. The first-order valence-electron chi connectivity index (χ1n) is 7.02. The molecule has 1 aromatic carbocycles. The lowest BCUT2D eigenvalue weighted by Crippen LogP contribution is -2.42. The standard InChI is InChI=1S/C15H24Cl2N2/c1-3-5-6-12(4-2)15(19-18)10-11-7-8-13(16)14(17)9-11/h7-9,12,15,19H,3-6,10,18H2,1-2H3. The van der Waals surface area contributed by atoms with Crippen molar-refractivity contribution >= 4 is 23.2 Å². The molecule has 0 heterocycles. The van der Waals surface area contributed by atoms with E-state index in [-0.39, 0.29) is 6.04 Å². The van der Waals surface area contributed by atoms with Gasteiger partial charge in [-0.15, -0.1) is 0 Å². The van der Waals surface area contributed by atoms with E-state index in [1.807, 2.05) is 18.2 Å². The largest absolute Gasteiger partial charge is 0.271 e. The van der Waals surface area contributed by atoms with Crippen LogP contribution in [0, 0.1) is 5.92 Å². The van der Waals surface area contributed by atoms with Crippen molar-refractivity contribution in [1.82, 2.24) is 5.43 Å². The summed E-state index contributed by atoms with van der Waals surface area (Å²) in [6.07, 6.45) is 5.70. The Bertz CT molecular complexity index is 382. The zero-order valence-corrected chi connectivity index (χ0v) is 13.3. The van der Waals surface area contributed by atoms with Gasteiger partial charge in [0.2, 0.25) is 0 Å². The van der Waals surface area contributed by atoms with Crippen LogP contribution in [0.15, 0.2) is 18.2 Å². The normalized spacial score (nSPS) is 14.4. The van der Waals surface area contributed by atoms with E-state index in [0.717, 1.165) is 12.8 Å². The third-order valence-corrected chi connectivity index (χ3v) is 4.41. The van der Waals surface area contributed by atoms with Gasteiger partial charge in [0, 0.05) is 6.04 Å². The number of benzene rings is 1. The molecule has 0 bridgehead atoms. The predicted octanol–water partition coefficient (Wildman–Crippen LogP) is 4.58. The van der Waals surface area contributed by atoms with E-state index < -0.39 is 0 Å². The molecule has 108 valence electrons. The van der Waals surface area contributed by atoms with Crippen LogP contribution in [0.3, 0.4) is 0 Å². The molecule has 0 saturated carbocycles. The second kappa shape index (κ2) is 8.80. The van der Waals surface area contributed by atoms with Gasteiger partial charge in [-0.3, -0.25) is 11.3 Å². The number of nitrogens with one attached hydrogen (secondary N) is 1. The highest BCUT2D eigenvalue weighted by Gasteiger charge is 2.19. The van der Waals surface area contributed by atoms with E-state index >= 15 is 0 Å². The molecule has 1 rings (SSSR count). The van der Waals surface area contributed by atoms with Crippen molar-refractivity contribution in [2.45, 2.75) is 52.0 Å². The number of hydrogen-bond acceptors (Lipinski definition) is 2. The lowest BCUT2D eigenvalue weighted by molar-refractivity contribution is 0.318. The zero-order valence-electron chi connectivity index (χ0n) is 11.8. The van der Waals surface area contributed by atoms with Gasteiger partial charge in [-0.25, -0.2) is 0 Å². The molecular weight excluding hydrogens is 279 g/mol. The monoisotopic (exact) mass is 302 g/mol. The van der Waals surface area contributed by atoms with Crippen LogP contribution in [0.5, 0.6) is 0 Å². The molecule has 1 aromatic rings. The molecule has 3 N–H and O–H groups in total. The van der Waals surface area contributed by atoms with Crippen LogP contribution in [-0.4, -0.2) is 6.04 Å². The third-order valence-electron chi connectivity index (χ3n) is 3.68. The minimum Gasteiger partial charge on any atom is -0.271 e. The van der Waals surface area contributed by atoms with Crippen LogP contribution >= 0.6 is 23.2 Å². The quantitative estimate of drug-likeness (QED) is 0.545. The summed E-state index contributed by atoms with van der Waals surface area (Å²) in [7, 11) is 0. The Morgan fingerprint density at radius 2 is 1.95 bits per heavy atom. The minimum absolute atomic E-state index is 0.286. The summed E-state index contributed by atoms with van der Waals surface area (Å²) in [4.78, 5) is 0. The molecule has 2 atom stereocenters. The highest BCUT2D eigenvalue weighted by Crippen LogP contribution is 2.25. The van der Waals surface area contributed by atoms with Crippen molar-refractivity contribution in [2.24, 2.45) is 11.8 Å². The van der Waals surface area contributed by atoms with Crippen molar-refractivity contribution < 1.29 is 0 Å². The summed E-state index contributed by atoms with van der Waals surface area (Å²) < 4.78 is 0. The molecule has 0 saturated heterocycles. The number of halogens is 2. The average Bonchev–Trinajstić information content (AvgIpc) is 2.42. The number of nitrogens with two attached hydrogens (primary N) is 1. The van der Waals surface area contributed by atoms with Crippen LogP contribution in [0.1, 0.15) is 45.1 Å². The lowest BCUT2D eigenvalue weighted by atomic mass is 9.88. The Kier molecular flexibility index (Phi) is 7.77. The van der Waals surface area contributed by atoms with Gasteiger partial charge in [-0.05, 0) is 36.5 Å². The molecule has 19 heavy (non-hydrogen) atoms. The van der Waals surface area contributed by atoms with E-state index in [2.05, 4.69) is 19.3 Å². The molecule has 0 fully saturated rings. The molecule has 2 nitrogen and oxygen atoms in total. The summed E-state index contributed by atoms with van der Waals surface area (Å²) in [5, 5.41) is 1.21. The Balaban J connectivity index is 2.70. The van der Waals surface area contributed by atoms with Gasteiger partial charge >= 0.3 is 0 Å². The summed E-state index contributed by atoms with van der Waals surface area (Å²) in [5.74, 6) is 6.32. The Hall–Kier alpha value is -0.280. The predicted molar refractivity (Wildman–Crippen MR) is 84.6 cm³/mol. The molecule has 0 amide bonds. The molecule has 4 heteroatoms. The van der Waals surface area contributed by atoms with E-state index in [1.165, 1.54) is 24.8 Å². The Labute approximate surface area is 126 Å². The van der Waals surface area contributed by atoms with Crippen LogP contribution < -0.4 is 11.3 Å². The maximum absolute atomic E-state index is 6.05. The lowest BCUT2D eigenvalue weighted by Gasteiger charge is -2.26. The molecule has 0 aromatic heterocycles. The molecule has 0 radical (unpaired) electrons. The fourth-order valence-electron chi connectivity index (χ4n) is 2.44. The maximum Gasteiger partial charge on any atom is 0.0595 e. The molecular formula is C15H24Cl2N2.